The lowest BCUT2D eigenvalue weighted by atomic mass is 10.1. The highest BCUT2D eigenvalue weighted by molar-refractivity contribution is 5.90. The minimum absolute atomic E-state index is 0.0109. The molecule has 0 saturated carbocycles. The molecule has 0 bridgehead atoms. The van der Waals surface area contributed by atoms with Gasteiger partial charge in [0.25, 0.3) is 6.43 Å². The number of esters is 1. The highest BCUT2D eigenvalue weighted by atomic mass is 19.3. The van der Waals surface area contributed by atoms with E-state index in [0.717, 1.165) is 13.2 Å². The first-order valence-electron chi connectivity index (χ1n) is 4.04. The van der Waals surface area contributed by atoms with Gasteiger partial charge in [-0.3, -0.25) is 0 Å². The highest BCUT2D eigenvalue weighted by Gasteiger charge is 2.19. The predicted molar refractivity (Wildman–Crippen MR) is 46.9 cm³/mol. The molecule has 1 N–H and O–H groups in total. The quantitative estimate of drug-likeness (QED) is 0.767. The van der Waals surface area contributed by atoms with Crippen molar-refractivity contribution in [3.05, 3.63) is 23.0 Å². The normalized spacial score (nSPS) is 10.5. The molecule has 1 aromatic rings. The van der Waals surface area contributed by atoms with E-state index in [9.17, 15) is 18.7 Å². The van der Waals surface area contributed by atoms with Crippen molar-refractivity contribution in [3.63, 3.8) is 0 Å². The van der Waals surface area contributed by atoms with Gasteiger partial charge in [0, 0.05) is 11.3 Å². The minimum atomic E-state index is -2.74. The Bertz CT molecular complexity index is 393. The SMILES string of the molecule is COC(=O)c1nc(C)c(C(F)F)cc1O. The van der Waals surface area contributed by atoms with Gasteiger partial charge in [-0.2, -0.15) is 0 Å². The summed E-state index contributed by atoms with van der Waals surface area (Å²) in [5, 5.41) is 9.27. The lowest BCUT2D eigenvalue weighted by Gasteiger charge is -2.07. The number of pyridine rings is 1. The first kappa shape index (κ1) is 11.4. The molecule has 0 saturated heterocycles. The number of aromatic nitrogens is 1. The van der Waals surface area contributed by atoms with Gasteiger partial charge < -0.3 is 9.84 Å². The molecule has 0 unspecified atom stereocenters. The molecule has 82 valence electrons. The molecular formula is C9H9F2NO3. The van der Waals surface area contributed by atoms with Crippen molar-refractivity contribution in [2.75, 3.05) is 7.11 Å². The van der Waals surface area contributed by atoms with Crippen molar-refractivity contribution >= 4 is 5.97 Å². The molecule has 0 radical (unpaired) electrons. The fourth-order valence-electron chi connectivity index (χ4n) is 1.08. The standard InChI is InChI=1S/C9H9F2NO3/c1-4-5(8(10)11)3-6(13)7(12-4)9(14)15-2/h3,8,13H,1-2H3. The number of nitrogens with zero attached hydrogens (tertiary/aromatic N) is 1. The van der Waals surface area contributed by atoms with Crippen molar-refractivity contribution in [3.8, 4) is 5.75 Å². The van der Waals surface area contributed by atoms with Gasteiger partial charge in [-0.1, -0.05) is 0 Å². The van der Waals surface area contributed by atoms with E-state index < -0.39 is 23.7 Å². The van der Waals surface area contributed by atoms with Crippen LogP contribution in [-0.4, -0.2) is 23.2 Å². The van der Waals surface area contributed by atoms with Gasteiger partial charge in [0.1, 0.15) is 5.75 Å². The number of rotatable bonds is 2. The molecule has 0 aromatic carbocycles. The first-order valence-corrected chi connectivity index (χ1v) is 4.04. The van der Waals surface area contributed by atoms with Crippen molar-refractivity contribution in [2.45, 2.75) is 13.3 Å². The average molecular weight is 217 g/mol. The second kappa shape index (κ2) is 4.20. The van der Waals surface area contributed by atoms with E-state index in [4.69, 9.17) is 0 Å². The Morgan fingerprint density at radius 2 is 2.20 bits per heavy atom. The Kier molecular flexibility index (Phi) is 3.18. The summed E-state index contributed by atoms with van der Waals surface area (Å²) in [6.07, 6.45) is -2.74. The molecule has 0 aliphatic carbocycles. The fraction of sp³-hybridized carbons (Fsp3) is 0.333. The summed E-state index contributed by atoms with van der Waals surface area (Å²) < 4.78 is 29.0. The van der Waals surface area contributed by atoms with Crippen molar-refractivity contribution in [1.29, 1.82) is 0 Å². The molecule has 1 heterocycles. The topological polar surface area (TPSA) is 59.4 Å². The third-order valence-electron chi connectivity index (χ3n) is 1.85. The Morgan fingerprint density at radius 1 is 1.60 bits per heavy atom. The van der Waals surface area contributed by atoms with Crippen LogP contribution in [0.1, 0.15) is 28.2 Å². The number of alkyl halides is 2. The third-order valence-corrected chi connectivity index (χ3v) is 1.85. The molecule has 0 aliphatic rings. The second-order valence-electron chi connectivity index (χ2n) is 2.82. The van der Waals surface area contributed by atoms with Crippen LogP contribution in [0.25, 0.3) is 0 Å². The molecule has 0 fully saturated rings. The molecule has 1 aromatic heterocycles. The van der Waals surface area contributed by atoms with E-state index >= 15 is 0 Å². The largest absolute Gasteiger partial charge is 0.505 e. The smallest absolute Gasteiger partial charge is 0.360 e. The third kappa shape index (κ3) is 2.20. The van der Waals surface area contributed by atoms with E-state index in [1.165, 1.54) is 6.92 Å². The van der Waals surface area contributed by atoms with Crippen molar-refractivity contribution < 1.29 is 23.4 Å². The van der Waals surface area contributed by atoms with E-state index in [2.05, 4.69) is 9.72 Å². The number of hydrogen-bond acceptors (Lipinski definition) is 4. The number of halogens is 2. The Labute approximate surface area is 84.5 Å². The van der Waals surface area contributed by atoms with Crippen LogP contribution in [0.15, 0.2) is 6.07 Å². The van der Waals surface area contributed by atoms with Crippen LogP contribution in [0.4, 0.5) is 8.78 Å². The molecule has 0 amide bonds. The van der Waals surface area contributed by atoms with Crippen molar-refractivity contribution in [1.82, 2.24) is 4.98 Å². The zero-order chi connectivity index (χ0) is 11.6. The summed E-state index contributed by atoms with van der Waals surface area (Å²) in [5.41, 5.74) is -0.775. The van der Waals surface area contributed by atoms with Gasteiger partial charge in [-0.25, -0.2) is 18.6 Å². The minimum Gasteiger partial charge on any atom is -0.505 e. The van der Waals surface area contributed by atoms with E-state index in [1.807, 2.05) is 0 Å². The molecule has 4 nitrogen and oxygen atoms in total. The monoisotopic (exact) mass is 217 g/mol. The fourth-order valence-corrected chi connectivity index (χ4v) is 1.08. The van der Waals surface area contributed by atoms with Gasteiger partial charge in [-0.15, -0.1) is 0 Å². The van der Waals surface area contributed by atoms with Gasteiger partial charge in [-0.05, 0) is 13.0 Å². The van der Waals surface area contributed by atoms with Crippen LogP contribution in [-0.2, 0) is 4.74 Å². The van der Waals surface area contributed by atoms with Crippen LogP contribution >= 0.6 is 0 Å². The van der Waals surface area contributed by atoms with E-state index in [1.54, 1.807) is 0 Å². The molecule has 0 spiro atoms. The molecule has 1 rings (SSSR count). The van der Waals surface area contributed by atoms with Gasteiger partial charge in [0.2, 0.25) is 0 Å². The Hall–Kier alpha value is -1.72. The van der Waals surface area contributed by atoms with E-state index in [-0.39, 0.29) is 11.4 Å². The maximum Gasteiger partial charge on any atom is 0.360 e. The number of methoxy groups -OCH3 is 1. The first-order chi connectivity index (χ1) is 6.97. The molecule has 15 heavy (non-hydrogen) atoms. The predicted octanol–water partition coefficient (Wildman–Crippen LogP) is 1.82. The van der Waals surface area contributed by atoms with E-state index in [0.29, 0.717) is 0 Å². The summed E-state index contributed by atoms with van der Waals surface area (Å²) in [6, 6.07) is 0.819. The number of hydrogen-bond donors (Lipinski definition) is 1. The number of carbonyl (C=O) groups is 1. The van der Waals surface area contributed by atoms with Crippen LogP contribution in [0.5, 0.6) is 5.75 Å². The summed E-state index contributed by atoms with van der Waals surface area (Å²) >= 11 is 0. The lowest BCUT2D eigenvalue weighted by Crippen LogP contribution is -2.07. The molecular weight excluding hydrogens is 208 g/mol. The maximum atomic E-state index is 12.4. The summed E-state index contributed by atoms with van der Waals surface area (Å²) in [6.45, 7) is 1.33. The van der Waals surface area contributed by atoms with Crippen LogP contribution in [0, 0.1) is 6.92 Å². The number of carbonyl (C=O) groups excluding carboxylic acids is 1. The number of aromatic hydroxyl groups is 1. The highest BCUT2D eigenvalue weighted by Crippen LogP contribution is 2.27. The van der Waals surface area contributed by atoms with Crippen LogP contribution in [0.2, 0.25) is 0 Å². The number of ether oxygens (including phenoxy) is 1. The summed E-state index contributed by atoms with van der Waals surface area (Å²) in [5.74, 6) is -1.47. The zero-order valence-electron chi connectivity index (χ0n) is 8.12. The average Bonchev–Trinajstić information content (AvgIpc) is 2.19. The van der Waals surface area contributed by atoms with Gasteiger partial charge in [0.05, 0.1) is 7.11 Å². The van der Waals surface area contributed by atoms with Gasteiger partial charge >= 0.3 is 5.97 Å². The molecule has 6 heteroatoms. The summed E-state index contributed by atoms with van der Waals surface area (Å²) in [4.78, 5) is 14.6. The zero-order valence-corrected chi connectivity index (χ0v) is 8.12. The maximum absolute atomic E-state index is 12.4. The van der Waals surface area contributed by atoms with Crippen LogP contribution < -0.4 is 0 Å². The second-order valence-corrected chi connectivity index (χ2v) is 2.82. The van der Waals surface area contributed by atoms with Gasteiger partial charge in [0.15, 0.2) is 5.69 Å². The number of aryl methyl sites for hydroxylation is 1. The Balaban J connectivity index is 3.25. The van der Waals surface area contributed by atoms with Crippen LogP contribution in [0.3, 0.4) is 0 Å². The summed E-state index contributed by atoms with van der Waals surface area (Å²) in [7, 11) is 1.11. The molecule has 0 atom stereocenters. The molecule has 0 aliphatic heterocycles. The van der Waals surface area contributed by atoms with Crippen molar-refractivity contribution in [2.24, 2.45) is 0 Å². The Morgan fingerprint density at radius 3 is 2.67 bits per heavy atom. The lowest BCUT2D eigenvalue weighted by molar-refractivity contribution is 0.0589.